The van der Waals surface area contributed by atoms with Gasteiger partial charge < -0.3 is 5.32 Å². The number of carbonyl (C=O) groups excluding carboxylic acids is 1. The molecule has 2 aromatic carbocycles. The molecule has 0 unspecified atom stereocenters. The molecule has 0 aliphatic heterocycles. The molecule has 0 radical (unpaired) electrons. The van der Waals surface area contributed by atoms with E-state index in [1.165, 1.54) is 17.4 Å². The zero-order valence-electron chi connectivity index (χ0n) is 14.2. The van der Waals surface area contributed by atoms with E-state index in [4.69, 9.17) is 0 Å². The number of aryl methyl sites for hydroxylation is 2. The molecule has 0 aliphatic rings. The van der Waals surface area contributed by atoms with Crippen LogP contribution in [0.25, 0.3) is 11.3 Å². The summed E-state index contributed by atoms with van der Waals surface area (Å²) in [6.45, 7) is 4.04. The number of nitrogens with zero attached hydrogens (tertiary/aromatic N) is 1. The Bertz CT molecular complexity index is 956. The molecule has 26 heavy (non-hydrogen) atoms. The van der Waals surface area contributed by atoms with E-state index in [0.717, 1.165) is 46.3 Å². The molecule has 0 bridgehead atoms. The molecular weight excluding hydrogens is 374 g/mol. The number of carbonyl (C=O) groups is 1. The second-order valence-electron chi connectivity index (χ2n) is 5.77. The van der Waals surface area contributed by atoms with Crippen LogP contribution in [0.1, 0.15) is 11.1 Å². The second kappa shape index (κ2) is 7.97. The van der Waals surface area contributed by atoms with E-state index in [-0.39, 0.29) is 11.7 Å². The molecule has 0 atom stereocenters. The number of benzene rings is 2. The van der Waals surface area contributed by atoms with Crippen molar-refractivity contribution in [2.75, 3.05) is 11.1 Å². The molecular formula is C19H16F2N2OS2. The number of amides is 1. The predicted molar refractivity (Wildman–Crippen MR) is 103 cm³/mol. The number of thioether (sulfide) groups is 1. The van der Waals surface area contributed by atoms with Gasteiger partial charge in [0, 0.05) is 15.8 Å². The molecule has 3 aromatic rings. The van der Waals surface area contributed by atoms with Crippen molar-refractivity contribution < 1.29 is 13.6 Å². The summed E-state index contributed by atoms with van der Waals surface area (Å²) in [5, 5.41) is 5.16. The predicted octanol–water partition coefficient (Wildman–Crippen LogP) is 5.44. The van der Waals surface area contributed by atoms with Crippen molar-refractivity contribution in [2.45, 2.75) is 18.7 Å². The van der Waals surface area contributed by atoms with Gasteiger partial charge in [-0.15, -0.1) is 23.1 Å². The van der Waals surface area contributed by atoms with Gasteiger partial charge in [-0.2, -0.15) is 0 Å². The molecule has 0 fully saturated rings. The summed E-state index contributed by atoms with van der Waals surface area (Å²) in [5.74, 6) is -1.99. The van der Waals surface area contributed by atoms with Crippen LogP contribution in [0.15, 0.2) is 46.7 Å². The van der Waals surface area contributed by atoms with Gasteiger partial charge in [0.2, 0.25) is 5.91 Å². The fourth-order valence-electron chi connectivity index (χ4n) is 2.34. The highest BCUT2D eigenvalue weighted by atomic mass is 32.2. The third-order valence-corrected chi connectivity index (χ3v) is 5.43. The summed E-state index contributed by atoms with van der Waals surface area (Å²) in [6.07, 6.45) is 0. The molecule has 134 valence electrons. The van der Waals surface area contributed by atoms with Gasteiger partial charge in [0.25, 0.3) is 0 Å². The quantitative estimate of drug-likeness (QED) is 0.590. The second-order valence-corrected chi connectivity index (χ2v) is 7.68. The number of hydrogen-bond donors (Lipinski definition) is 1. The van der Waals surface area contributed by atoms with Gasteiger partial charge in [-0.05, 0) is 43.7 Å². The van der Waals surface area contributed by atoms with Crippen LogP contribution in [0.2, 0.25) is 0 Å². The Hall–Kier alpha value is -2.25. The van der Waals surface area contributed by atoms with Gasteiger partial charge in [-0.1, -0.05) is 17.7 Å². The maximum Gasteiger partial charge on any atom is 0.236 e. The lowest BCUT2D eigenvalue weighted by Gasteiger charge is -2.04. The van der Waals surface area contributed by atoms with E-state index in [1.54, 1.807) is 0 Å². The Morgan fingerprint density at radius 3 is 2.73 bits per heavy atom. The van der Waals surface area contributed by atoms with Crippen molar-refractivity contribution in [2.24, 2.45) is 0 Å². The van der Waals surface area contributed by atoms with Crippen molar-refractivity contribution in [3.63, 3.8) is 0 Å². The van der Waals surface area contributed by atoms with Gasteiger partial charge in [-0.25, -0.2) is 13.8 Å². The summed E-state index contributed by atoms with van der Waals surface area (Å²) >= 11 is 2.49. The third kappa shape index (κ3) is 4.47. The first-order valence-corrected chi connectivity index (χ1v) is 9.70. The summed E-state index contributed by atoms with van der Waals surface area (Å²) in [6, 6.07) is 9.72. The maximum atomic E-state index is 13.2. The SMILES string of the molecule is Cc1ccc(C)c(-c2csc(NC(=O)CSc3ccc(F)c(F)c3)n2)c1. The first-order chi connectivity index (χ1) is 12.4. The fraction of sp³-hybridized carbons (Fsp3) is 0.158. The number of halogens is 2. The molecule has 0 saturated heterocycles. The van der Waals surface area contributed by atoms with Gasteiger partial charge in [-0.3, -0.25) is 4.79 Å². The first-order valence-electron chi connectivity index (χ1n) is 7.83. The lowest BCUT2D eigenvalue weighted by molar-refractivity contribution is -0.113. The molecule has 7 heteroatoms. The zero-order chi connectivity index (χ0) is 18.7. The Kier molecular flexibility index (Phi) is 5.68. The van der Waals surface area contributed by atoms with Crippen molar-refractivity contribution in [1.82, 2.24) is 4.98 Å². The summed E-state index contributed by atoms with van der Waals surface area (Å²) < 4.78 is 26.1. The molecule has 1 aromatic heterocycles. The minimum atomic E-state index is -0.923. The Labute approximate surface area is 158 Å². The normalized spacial score (nSPS) is 10.8. The number of thiazole rings is 1. The smallest absolute Gasteiger partial charge is 0.236 e. The van der Waals surface area contributed by atoms with Crippen LogP contribution in [0, 0.1) is 25.5 Å². The van der Waals surface area contributed by atoms with Crippen LogP contribution >= 0.6 is 23.1 Å². The molecule has 3 rings (SSSR count). The minimum Gasteiger partial charge on any atom is -0.301 e. The van der Waals surface area contributed by atoms with Crippen LogP contribution in [0.5, 0.6) is 0 Å². The Morgan fingerprint density at radius 2 is 1.96 bits per heavy atom. The third-order valence-electron chi connectivity index (χ3n) is 3.68. The fourth-order valence-corrected chi connectivity index (χ4v) is 3.79. The zero-order valence-corrected chi connectivity index (χ0v) is 15.8. The highest BCUT2D eigenvalue weighted by Gasteiger charge is 2.11. The molecule has 1 amide bonds. The molecule has 0 spiro atoms. The number of rotatable bonds is 5. The maximum absolute atomic E-state index is 13.2. The van der Waals surface area contributed by atoms with Gasteiger partial charge in [0.05, 0.1) is 11.4 Å². The van der Waals surface area contributed by atoms with Crippen LogP contribution in [0.4, 0.5) is 13.9 Å². The summed E-state index contributed by atoms with van der Waals surface area (Å²) in [4.78, 5) is 17.0. The monoisotopic (exact) mass is 390 g/mol. The molecule has 0 saturated carbocycles. The van der Waals surface area contributed by atoms with E-state index < -0.39 is 11.6 Å². The van der Waals surface area contributed by atoms with E-state index in [1.807, 2.05) is 31.4 Å². The first kappa shape index (κ1) is 18.5. The summed E-state index contributed by atoms with van der Waals surface area (Å²) in [7, 11) is 0. The van der Waals surface area contributed by atoms with Crippen molar-refractivity contribution in [3.8, 4) is 11.3 Å². The number of anilines is 1. The van der Waals surface area contributed by atoms with E-state index in [9.17, 15) is 13.6 Å². The number of nitrogens with one attached hydrogen (secondary N) is 1. The Morgan fingerprint density at radius 1 is 1.15 bits per heavy atom. The van der Waals surface area contributed by atoms with Crippen LogP contribution in [0.3, 0.4) is 0 Å². The van der Waals surface area contributed by atoms with Crippen LogP contribution in [-0.2, 0) is 4.79 Å². The topological polar surface area (TPSA) is 42.0 Å². The van der Waals surface area contributed by atoms with E-state index in [0.29, 0.717) is 10.0 Å². The average molecular weight is 390 g/mol. The van der Waals surface area contributed by atoms with Crippen molar-refractivity contribution >= 4 is 34.1 Å². The molecule has 1 N–H and O–H groups in total. The Balaban J connectivity index is 1.62. The molecule has 0 aliphatic carbocycles. The van der Waals surface area contributed by atoms with E-state index >= 15 is 0 Å². The van der Waals surface area contributed by atoms with Gasteiger partial charge >= 0.3 is 0 Å². The number of aromatic nitrogens is 1. The number of hydrogen-bond acceptors (Lipinski definition) is 4. The van der Waals surface area contributed by atoms with Crippen LogP contribution in [-0.4, -0.2) is 16.6 Å². The lowest BCUT2D eigenvalue weighted by atomic mass is 10.0. The van der Waals surface area contributed by atoms with E-state index in [2.05, 4.69) is 16.4 Å². The summed E-state index contributed by atoms with van der Waals surface area (Å²) in [5.41, 5.74) is 4.12. The minimum absolute atomic E-state index is 0.0868. The average Bonchev–Trinajstić information content (AvgIpc) is 3.06. The molecule has 3 nitrogen and oxygen atoms in total. The van der Waals surface area contributed by atoms with Crippen molar-refractivity contribution in [3.05, 3.63) is 64.5 Å². The largest absolute Gasteiger partial charge is 0.301 e. The van der Waals surface area contributed by atoms with Crippen molar-refractivity contribution in [1.29, 1.82) is 0 Å². The highest BCUT2D eigenvalue weighted by Crippen LogP contribution is 2.28. The lowest BCUT2D eigenvalue weighted by Crippen LogP contribution is -2.13. The molecule has 1 heterocycles. The standard InChI is InChI=1S/C19H16F2N2OS2/c1-11-3-4-12(2)14(7-11)17-9-26-19(22-17)23-18(24)10-25-13-5-6-15(20)16(21)8-13/h3-9H,10H2,1-2H3,(H,22,23,24). The van der Waals surface area contributed by atoms with Gasteiger partial charge in [0.15, 0.2) is 16.8 Å². The van der Waals surface area contributed by atoms with Crippen LogP contribution < -0.4 is 5.32 Å². The highest BCUT2D eigenvalue weighted by molar-refractivity contribution is 8.00. The van der Waals surface area contributed by atoms with Gasteiger partial charge in [0.1, 0.15) is 0 Å².